The third-order valence-corrected chi connectivity index (χ3v) is 3.72. The fourth-order valence-electron chi connectivity index (χ4n) is 2.66. The first-order valence-corrected chi connectivity index (χ1v) is 6.37. The van der Waals surface area contributed by atoms with E-state index < -0.39 is 11.7 Å². The van der Waals surface area contributed by atoms with Crippen molar-refractivity contribution in [3.63, 3.8) is 0 Å². The minimum atomic E-state index is -4.29. The Hall–Kier alpha value is -1.52. The Kier molecular flexibility index (Phi) is 4.12. The van der Waals surface area contributed by atoms with Gasteiger partial charge in [-0.15, -0.1) is 0 Å². The summed E-state index contributed by atoms with van der Waals surface area (Å²) in [4.78, 5) is 10.3. The Labute approximate surface area is 110 Å². The Morgan fingerprint density at radius 2 is 1.84 bits per heavy atom. The Bertz CT molecular complexity index is 437. The first-order chi connectivity index (χ1) is 9.00. The summed E-state index contributed by atoms with van der Waals surface area (Å²) >= 11 is 0. The van der Waals surface area contributed by atoms with E-state index in [9.17, 15) is 18.0 Å². The van der Waals surface area contributed by atoms with E-state index in [1.54, 1.807) is 6.07 Å². The molecule has 19 heavy (non-hydrogen) atoms. The summed E-state index contributed by atoms with van der Waals surface area (Å²) in [5.74, 6) is 0.159. The summed E-state index contributed by atoms with van der Waals surface area (Å²) in [6, 6.07) is 5.74. The molecule has 0 aliphatic heterocycles. The minimum absolute atomic E-state index is 0.159. The van der Waals surface area contributed by atoms with E-state index in [-0.39, 0.29) is 12.0 Å². The number of carbonyl (C=O) groups is 1. The second-order valence-electron chi connectivity index (χ2n) is 4.96. The highest BCUT2D eigenvalue weighted by Gasteiger charge is 2.31. The van der Waals surface area contributed by atoms with Crippen LogP contribution in [0.15, 0.2) is 24.3 Å². The smallest absolute Gasteiger partial charge is 0.356 e. The van der Waals surface area contributed by atoms with E-state index in [0.29, 0.717) is 6.41 Å². The monoisotopic (exact) mass is 271 g/mol. The van der Waals surface area contributed by atoms with Crippen LogP contribution < -0.4 is 5.32 Å². The zero-order chi connectivity index (χ0) is 13.9. The molecule has 5 heteroatoms. The van der Waals surface area contributed by atoms with Crippen LogP contribution in [0.2, 0.25) is 0 Å². The van der Waals surface area contributed by atoms with Gasteiger partial charge in [0.05, 0.1) is 5.56 Å². The Morgan fingerprint density at radius 1 is 1.16 bits per heavy atom. The molecule has 1 aromatic rings. The average molecular weight is 271 g/mol. The molecule has 1 aliphatic rings. The highest BCUT2D eigenvalue weighted by molar-refractivity contribution is 5.46. The standard InChI is InChI=1S/C14H16F3NO/c15-14(16,17)12-3-1-2-11(8-12)10-4-6-13(7-5-10)18-9-19/h1-3,8-10,13H,4-7H2,(H,18,19). The molecule has 0 bridgehead atoms. The molecule has 0 spiro atoms. The Morgan fingerprint density at radius 3 is 2.42 bits per heavy atom. The molecule has 2 rings (SSSR count). The van der Waals surface area contributed by atoms with Gasteiger partial charge in [0.15, 0.2) is 0 Å². The van der Waals surface area contributed by atoms with E-state index in [0.717, 1.165) is 37.3 Å². The molecule has 1 fully saturated rings. The van der Waals surface area contributed by atoms with Crippen LogP contribution in [0.1, 0.15) is 42.7 Å². The summed E-state index contributed by atoms with van der Waals surface area (Å²) < 4.78 is 37.9. The molecule has 1 aromatic carbocycles. The van der Waals surface area contributed by atoms with E-state index in [1.807, 2.05) is 0 Å². The van der Waals surface area contributed by atoms with Gasteiger partial charge < -0.3 is 5.32 Å². The van der Waals surface area contributed by atoms with Gasteiger partial charge in [-0.2, -0.15) is 13.2 Å². The van der Waals surface area contributed by atoms with Crippen molar-refractivity contribution < 1.29 is 18.0 Å². The topological polar surface area (TPSA) is 29.1 Å². The van der Waals surface area contributed by atoms with Gasteiger partial charge in [-0.05, 0) is 43.2 Å². The summed E-state index contributed by atoms with van der Waals surface area (Å²) in [5.41, 5.74) is 0.164. The van der Waals surface area contributed by atoms with E-state index in [2.05, 4.69) is 5.32 Å². The number of rotatable bonds is 3. The van der Waals surface area contributed by atoms with Crippen LogP contribution >= 0.6 is 0 Å². The van der Waals surface area contributed by atoms with Gasteiger partial charge in [0.25, 0.3) is 0 Å². The molecule has 1 saturated carbocycles. The molecular weight excluding hydrogens is 255 g/mol. The molecule has 0 saturated heterocycles. The lowest BCUT2D eigenvalue weighted by Gasteiger charge is -2.28. The third kappa shape index (κ3) is 3.49. The number of amides is 1. The number of alkyl halides is 3. The van der Waals surface area contributed by atoms with Crippen LogP contribution in [-0.2, 0) is 11.0 Å². The predicted octanol–water partition coefficient (Wildman–Crippen LogP) is 3.48. The molecule has 0 aromatic heterocycles. The highest BCUT2D eigenvalue weighted by Crippen LogP contribution is 2.36. The number of benzene rings is 1. The summed E-state index contributed by atoms with van der Waals surface area (Å²) in [6.45, 7) is 0. The quantitative estimate of drug-likeness (QED) is 0.838. The largest absolute Gasteiger partial charge is 0.416 e. The lowest BCUT2D eigenvalue weighted by molar-refractivity contribution is -0.137. The molecule has 0 unspecified atom stereocenters. The van der Waals surface area contributed by atoms with Crippen molar-refractivity contribution in [2.45, 2.75) is 43.8 Å². The second kappa shape index (κ2) is 5.63. The van der Waals surface area contributed by atoms with Crippen LogP contribution in [0.5, 0.6) is 0 Å². The SMILES string of the molecule is O=CNC1CCC(c2cccc(C(F)(F)F)c2)CC1. The second-order valence-corrected chi connectivity index (χ2v) is 4.96. The van der Waals surface area contributed by atoms with E-state index in [4.69, 9.17) is 0 Å². The lowest BCUT2D eigenvalue weighted by Crippen LogP contribution is -2.31. The molecule has 1 N–H and O–H groups in total. The van der Waals surface area contributed by atoms with Gasteiger partial charge in [0, 0.05) is 6.04 Å². The van der Waals surface area contributed by atoms with Crippen LogP contribution in [0.25, 0.3) is 0 Å². The molecule has 1 aliphatic carbocycles. The van der Waals surface area contributed by atoms with Gasteiger partial charge in [0.1, 0.15) is 0 Å². The fraction of sp³-hybridized carbons (Fsp3) is 0.500. The molecule has 104 valence electrons. The number of nitrogens with one attached hydrogen (secondary N) is 1. The maximum absolute atomic E-state index is 12.6. The highest BCUT2D eigenvalue weighted by atomic mass is 19.4. The van der Waals surface area contributed by atoms with Gasteiger partial charge >= 0.3 is 6.18 Å². The maximum atomic E-state index is 12.6. The van der Waals surface area contributed by atoms with Gasteiger partial charge in [-0.25, -0.2) is 0 Å². The van der Waals surface area contributed by atoms with Crippen molar-refractivity contribution in [2.75, 3.05) is 0 Å². The van der Waals surface area contributed by atoms with Crippen molar-refractivity contribution in [3.05, 3.63) is 35.4 Å². The molecule has 0 atom stereocenters. The molecule has 2 nitrogen and oxygen atoms in total. The van der Waals surface area contributed by atoms with Crippen LogP contribution in [0.4, 0.5) is 13.2 Å². The maximum Gasteiger partial charge on any atom is 0.416 e. The van der Waals surface area contributed by atoms with Crippen molar-refractivity contribution in [2.24, 2.45) is 0 Å². The Balaban J connectivity index is 2.05. The summed E-state index contributed by atoms with van der Waals surface area (Å²) in [6.07, 6.45) is -0.333. The van der Waals surface area contributed by atoms with Crippen molar-refractivity contribution in [3.8, 4) is 0 Å². The fourth-order valence-corrected chi connectivity index (χ4v) is 2.66. The predicted molar refractivity (Wildman–Crippen MR) is 65.6 cm³/mol. The van der Waals surface area contributed by atoms with Gasteiger partial charge in [0.2, 0.25) is 6.41 Å². The molecule has 1 amide bonds. The van der Waals surface area contributed by atoms with Crippen molar-refractivity contribution >= 4 is 6.41 Å². The summed E-state index contributed by atoms with van der Waals surface area (Å²) in [7, 11) is 0. The van der Waals surface area contributed by atoms with Crippen molar-refractivity contribution in [1.82, 2.24) is 5.32 Å². The molecule has 0 heterocycles. The number of carbonyl (C=O) groups excluding carboxylic acids is 1. The van der Waals surface area contributed by atoms with Crippen LogP contribution in [0.3, 0.4) is 0 Å². The van der Waals surface area contributed by atoms with Gasteiger partial charge in [-0.1, -0.05) is 18.2 Å². The average Bonchev–Trinajstić information content (AvgIpc) is 2.39. The van der Waals surface area contributed by atoms with Crippen LogP contribution in [0, 0.1) is 0 Å². The normalized spacial score (nSPS) is 23.9. The lowest BCUT2D eigenvalue weighted by atomic mass is 9.81. The van der Waals surface area contributed by atoms with E-state index in [1.165, 1.54) is 12.1 Å². The zero-order valence-electron chi connectivity index (χ0n) is 10.4. The molecular formula is C14H16F3NO. The van der Waals surface area contributed by atoms with E-state index >= 15 is 0 Å². The number of hydrogen-bond donors (Lipinski definition) is 1. The first-order valence-electron chi connectivity index (χ1n) is 6.37. The van der Waals surface area contributed by atoms with Crippen LogP contribution in [-0.4, -0.2) is 12.5 Å². The van der Waals surface area contributed by atoms with Gasteiger partial charge in [-0.3, -0.25) is 4.79 Å². The summed E-state index contributed by atoms with van der Waals surface area (Å²) in [5, 5.41) is 2.73. The zero-order valence-corrected chi connectivity index (χ0v) is 10.4. The molecule has 0 radical (unpaired) electrons. The number of halogens is 3. The number of hydrogen-bond acceptors (Lipinski definition) is 1. The minimum Gasteiger partial charge on any atom is -0.356 e. The third-order valence-electron chi connectivity index (χ3n) is 3.72. The van der Waals surface area contributed by atoms with Crippen molar-refractivity contribution in [1.29, 1.82) is 0 Å². The first kappa shape index (κ1) is 13.9.